The summed E-state index contributed by atoms with van der Waals surface area (Å²) in [6.45, 7) is 3.60. The van der Waals surface area contributed by atoms with Crippen molar-refractivity contribution in [2.75, 3.05) is 38.6 Å². The highest BCUT2D eigenvalue weighted by atomic mass is 127. The highest BCUT2D eigenvalue weighted by Crippen LogP contribution is 2.18. The second kappa shape index (κ2) is 13.1. The minimum absolute atomic E-state index is 0. The summed E-state index contributed by atoms with van der Waals surface area (Å²) in [4.78, 5) is 23.0. The molecule has 2 aromatic rings. The number of carbonyl (C=O) groups is 1. The van der Waals surface area contributed by atoms with Crippen molar-refractivity contribution in [3.63, 3.8) is 0 Å². The zero-order valence-corrected chi connectivity index (χ0v) is 20.7. The third-order valence-electron chi connectivity index (χ3n) is 5.30. The molecule has 1 aromatic carbocycles. The van der Waals surface area contributed by atoms with Crippen LogP contribution in [0.5, 0.6) is 0 Å². The van der Waals surface area contributed by atoms with Crippen LogP contribution in [0.15, 0.2) is 47.6 Å². The molecule has 2 heterocycles. The second-order valence-corrected chi connectivity index (χ2v) is 7.45. The molecule has 0 spiro atoms. The summed E-state index contributed by atoms with van der Waals surface area (Å²) < 4.78 is 0. The van der Waals surface area contributed by atoms with Crippen molar-refractivity contribution < 1.29 is 4.79 Å². The maximum atomic E-state index is 11.8. The molecular formula is C23H33IN6O. The van der Waals surface area contributed by atoms with Crippen molar-refractivity contribution >= 4 is 41.7 Å². The second-order valence-electron chi connectivity index (χ2n) is 7.45. The Morgan fingerprint density at radius 1 is 1.10 bits per heavy atom. The van der Waals surface area contributed by atoms with Gasteiger partial charge >= 0.3 is 0 Å². The van der Waals surface area contributed by atoms with E-state index in [9.17, 15) is 4.79 Å². The minimum atomic E-state index is -0.0661. The van der Waals surface area contributed by atoms with E-state index in [1.54, 1.807) is 14.1 Å². The number of nitrogens with one attached hydrogen (secondary N) is 3. The van der Waals surface area contributed by atoms with E-state index in [4.69, 9.17) is 0 Å². The molecule has 0 unspecified atom stereocenters. The Balaban J connectivity index is 0.00000341. The number of aromatic nitrogens is 1. The summed E-state index contributed by atoms with van der Waals surface area (Å²) in [6.07, 6.45) is 6.49. The summed E-state index contributed by atoms with van der Waals surface area (Å²) in [6, 6.07) is 11.9. The van der Waals surface area contributed by atoms with E-state index in [2.05, 4.69) is 36.9 Å². The quantitative estimate of drug-likeness (QED) is 0.288. The molecule has 1 saturated heterocycles. The minimum Gasteiger partial charge on any atom is -0.357 e. The summed E-state index contributed by atoms with van der Waals surface area (Å²) in [5.74, 6) is 1.75. The van der Waals surface area contributed by atoms with E-state index in [0.717, 1.165) is 43.4 Å². The molecule has 1 aliphatic heterocycles. The summed E-state index contributed by atoms with van der Waals surface area (Å²) in [5, 5.41) is 9.37. The van der Waals surface area contributed by atoms with E-state index in [0.29, 0.717) is 12.1 Å². The smallest absolute Gasteiger partial charge is 0.251 e. The molecule has 1 aliphatic rings. The molecule has 8 heteroatoms. The number of guanidine groups is 1. The van der Waals surface area contributed by atoms with Crippen molar-refractivity contribution in [3.8, 4) is 0 Å². The number of nitrogens with zero attached hydrogens (tertiary/aromatic N) is 3. The number of benzene rings is 1. The first kappa shape index (κ1) is 24.9. The molecule has 1 fully saturated rings. The van der Waals surface area contributed by atoms with Crippen molar-refractivity contribution in [2.45, 2.75) is 32.2 Å². The standard InChI is InChI=1S/C23H32N6O.HI/c1-24-22(30)20-8-6-7-18(15-20)9-12-27-23(25-2)28-17-19-10-11-26-21(16-19)29-13-4-3-5-14-29;/h6-8,10-11,15-16H,3-5,9,12-14,17H2,1-2H3,(H,24,30)(H2,25,27,28);1H. The van der Waals surface area contributed by atoms with Crippen LogP contribution in [0.2, 0.25) is 0 Å². The van der Waals surface area contributed by atoms with Crippen LogP contribution in [0.4, 0.5) is 5.82 Å². The number of carbonyl (C=O) groups excluding carboxylic acids is 1. The normalized spacial score (nSPS) is 13.9. The molecule has 0 radical (unpaired) electrons. The Morgan fingerprint density at radius 2 is 1.90 bits per heavy atom. The number of aliphatic imine (C=N–C) groups is 1. The van der Waals surface area contributed by atoms with Gasteiger partial charge in [0.15, 0.2) is 5.96 Å². The predicted octanol–water partition coefficient (Wildman–Crippen LogP) is 2.96. The lowest BCUT2D eigenvalue weighted by atomic mass is 10.1. The number of hydrogen-bond acceptors (Lipinski definition) is 4. The zero-order chi connectivity index (χ0) is 21.2. The van der Waals surface area contributed by atoms with Gasteiger partial charge in [-0.1, -0.05) is 12.1 Å². The fourth-order valence-electron chi connectivity index (χ4n) is 3.61. The molecule has 7 nitrogen and oxygen atoms in total. The predicted molar refractivity (Wildman–Crippen MR) is 137 cm³/mol. The van der Waals surface area contributed by atoms with E-state index >= 15 is 0 Å². The van der Waals surface area contributed by atoms with E-state index < -0.39 is 0 Å². The SMILES string of the molecule is CN=C(NCCc1cccc(C(=O)NC)c1)NCc1ccnc(N2CCCCC2)c1.I. The molecule has 31 heavy (non-hydrogen) atoms. The van der Waals surface area contributed by atoms with E-state index in [1.165, 1.54) is 24.8 Å². The molecule has 0 saturated carbocycles. The molecular weight excluding hydrogens is 503 g/mol. The summed E-state index contributed by atoms with van der Waals surface area (Å²) >= 11 is 0. The van der Waals surface area contributed by atoms with Gasteiger partial charge in [-0.05, 0) is 61.1 Å². The molecule has 3 rings (SSSR count). The first-order chi connectivity index (χ1) is 14.7. The maximum absolute atomic E-state index is 11.8. The molecule has 1 amide bonds. The molecule has 0 bridgehead atoms. The number of amides is 1. The lowest BCUT2D eigenvalue weighted by molar-refractivity contribution is 0.0963. The number of piperidine rings is 1. The Kier molecular flexibility index (Phi) is 10.6. The number of rotatable bonds is 7. The van der Waals surface area contributed by atoms with Crippen LogP contribution in [-0.4, -0.2) is 50.6 Å². The maximum Gasteiger partial charge on any atom is 0.251 e. The first-order valence-electron chi connectivity index (χ1n) is 10.6. The van der Waals surface area contributed by atoms with Crippen molar-refractivity contribution in [2.24, 2.45) is 4.99 Å². The van der Waals surface area contributed by atoms with Gasteiger partial charge in [-0.3, -0.25) is 9.79 Å². The number of pyridine rings is 1. The van der Waals surface area contributed by atoms with Crippen LogP contribution < -0.4 is 20.9 Å². The van der Waals surface area contributed by atoms with E-state index in [-0.39, 0.29) is 29.9 Å². The van der Waals surface area contributed by atoms with Crippen LogP contribution in [0, 0.1) is 0 Å². The van der Waals surface area contributed by atoms with Crippen LogP contribution in [0.3, 0.4) is 0 Å². The first-order valence-corrected chi connectivity index (χ1v) is 10.6. The zero-order valence-electron chi connectivity index (χ0n) is 18.4. The van der Waals surface area contributed by atoms with E-state index in [1.807, 2.05) is 36.5 Å². The monoisotopic (exact) mass is 536 g/mol. The lowest BCUT2D eigenvalue weighted by Gasteiger charge is -2.28. The summed E-state index contributed by atoms with van der Waals surface area (Å²) in [5.41, 5.74) is 2.98. The number of anilines is 1. The van der Waals surface area contributed by atoms with Crippen LogP contribution in [0.25, 0.3) is 0 Å². The van der Waals surface area contributed by atoms with Gasteiger partial charge in [0.25, 0.3) is 5.91 Å². The number of halogens is 1. The molecule has 3 N–H and O–H groups in total. The van der Waals surface area contributed by atoms with Crippen LogP contribution >= 0.6 is 24.0 Å². The highest BCUT2D eigenvalue weighted by molar-refractivity contribution is 14.0. The average Bonchev–Trinajstić information content (AvgIpc) is 2.81. The Hall–Kier alpha value is -2.36. The largest absolute Gasteiger partial charge is 0.357 e. The Morgan fingerprint density at radius 3 is 2.65 bits per heavy atom. The van der Waals surface area contributed by atoms with Gasteiger partial charge in [-0.15, -0.1) is 24.0 Å². The topological polar surface area (TPSA) is 81.6 Å². The third-order valence-corrected chi connectivity index (χ3v) is 5.30. The molecule has 0 aliphatic carbocycles. The fourth-order valence-corrected chi connectivity index (χ4v) is 3.61. The lowest BCUT2D eigenvalue weighted by Crippen LogP contribution is -2.38. The number of hydrogen-bond donors (Lipinski definition) is 3. The molecule has 1 aromatic heterocycles. The third kappa shape index (κ3) is 7.68. The van der Waals surface area contributed by atoms with Gasteiger partial charge in [0.05, 0.1) is 0 Å². The van der Waals surface area contributed by atoms with Crippen LogP contribution in [-0.2, 0) is 13.0 Å². The van der Waals surface area contributed by atoms with Gasteiger partial charge < -0.3 is 20.9 Å². The van der Waals surface area contributed by atoms with Gasteiger partial charge in [0.1, 0.15) is 5.82 Å². The van der Waals surface area contributed by atoms with Gasteiger partial charge in [0, 0.05) is 52.0 Å². The summed E-state index contributed by atoms with van der Waals surface area (Å²) in [7, 11) is 3.41. The van der Waals surface area contributed by atoms with Gasteiger partial charge in [-0.2, -0.15) is 0 Å². The molecule has 0 atom stereocenters. The average molecular weight is 536 g/mol. The molecule has 168 valence electrons. The fraction of sp³-hybridized carbons (Fsp3) is 0.435. The van der Waals surface area contributed by atoms with Gasteiger partial charge in [0.2, 0.25) is 0 Å². The van der Waals surface area contributed by atoms with Crippen molar-refractivity contribution in [1.29, 1.82) is 0 Å². The van der Waals surface area contributed by atoms with Crippen LogP contribution in [0.1, 0.15) is 40.7 Å². The van der Waals surface area contributed by atoms with Gasteiger partial charge in [-0.25, -0.2) is 4.98 Å². The Labute approximate surface area is 202 Å². The van der Waals surface area contributed by atoms with Crippen molar-refractivity contribution in [3.05, 3.63) is 59.3 Å². The Bertz CT molecular complexity index is 867. The highest BCUT2D eigenvalue weighted by Gasteiger charge is 2.12. The van der Waals surface area contributed by atoms with Crippen molar-refractivity contribution in [1.82, 2.24) is 20.9 Å².